The van der Waals surface area contributed by atoms with Gasteiger partial charge in [-0.25, -0.2) is 23.1 Å². The molecule has 19 heavy (non-hydrogen) atoms. The lowest BCUT2D eigenvalue weighted by atomic mass is 10.3. The van der Waals surface area contributed by atoms with Crippen LogP contribution >= 0.6 is 0 Å². The number of anilines is 1. The molecule has 0 unspecified atom stereocenters. The molecule has 0 spiro atoms. The Morgan fingerprint density at radius 3 is 2.63 bits per heavy atom. The fourth-order valence-electron chi connectivity index (χ4n) is 1.79. The van der Waals surface area contributed by atoms with Crippen LogP contribution in [0, 0.1) is 0 Å². The maximum Gasteiger partial charge on any atom is 0.225 e. The van der Waals surface area contributed by atoms with E-state index < -0.39 is 10.0 Å². The van der Waals surface area contributed by atoms with Crippen LogP contribution in [0.2, 0.25) is 0 Å². The molecule has 0 aromatic carbocycles. The van der Waals surface area contributed by atoms with Crippen molar-refractivity contribution in [3.63, 3.8) is 0 Å². The largest absolute Gasteiger partial charge is 0.281 e. The third kappa shape index (κ3) is 2.82. The highest BCUT2D eigenvalue weighted by molar-refractivity contribution is 7.88. The number of hydrogen-bond donors (Lipinski definition) is 1. The summed E-state index contributed by atoms with van der Waals surface area (Å²) in [5, 5.41) is 6.27. The Morgan fingerprint density at radius 2 is 2.05 bits per heavy atom. The molecule has 0 saturated heterocycles. The average Bonchev–Trinajstić information content (AvgIpc) is 2.69. The van der Waals surface area contributed by atoms with E-state index in [4.69, 9.17) is 0 Å². The Bertz CT molecular complexity index is 693. The molecule has 8 nitrogen and oxygen atoms in total. The minimum atomic E-state index is -3.36. The fraction of sp³-hybridized carbons (Fsp3) is 0.500. The van der Waals surface area contributed by atoms with Crippen molar-refractivity contribution in [2.24, 2.45) is 0 Å². The van der Waals surface area contributed by atoms with Crippen molar-refractivity contribution >= 4 is 26.9 Å². The van der Waals surface area contributed by atoms with E-state index in [9.17, 15) is 8.42 Å². The van der Waals surface area contributed by atoms with Crippen molar-refractivity contribution in [1.82, 2.24) is 24.6 Å². The Morgan fingerprint density at radius 1 is 1.37 bits per heavy atom. The van der Waals surface area contributed by atoms with Gasteiger partial charge >= 0.3 is 0 Å². The van der Waals surface area contributed by atoms with E-state index in [0.29, 0.717) is 16.9 Å². The molecule has 1 N–H and O–H groups in total. The Hall–Kier alpha value is -1.74. The molecule has 2 aromatic rings. The van der Waals surface area contributed by atoms with Crippen LogP contribution in [0.3, 0.4) is 0 Å². The SMILES string of the molecule is CC(C)n1ncc2c(N(C)NS(C)(=O)=O)ncnc21. The van der Waals surface area contributed by atoms with Gasteiger partial charge in [-0.3, -0.25) is 5.01 Å². The average molecular weight is 284 g/mol. The van der Waals surface area contributed by atoms with Gasteiger partial charge in [0.2, 0.25) is 10.0 Å². The van der Waals surface area contributed by atoms with Crippen LogP contribution in [-0.2, 0) is 10.0 Å². The van der Waals surface area contributed by atoms with Gasteiger partial charge < -0.3 is 0 Å². The number of nitrogens with one attached hydrogen (secondary N) is 1. The highest BCUT2D eigenvalue weighted by Crippen LogP contribution is 2.22. The molecule has 0 atom stereocenters. The summed E-state index contributed by atoms with van der Waals surface area (Å²) in [5.41, 5.74) is 0.669. The van der Waals surface area contributed by atoms with E-state index in [2.05, 4.69) is 19.9 Å². The van der Waals surface area contributed by atoms with Gasteiger partial charge in [-0.1, -0.05) is 0 Å². The zero-order valence-corrected chi connectivity index (χ0v) is 12.0. The van der Waals surface area contributed by atoms with Gasteiger partial charge in [0.1, 0.15) is 6.33 Å². The van der Waals surface area contributed by atoms with E-state index >= 15 is 0 Å². The lowest BCUT2D eigenvalue weighted by Gasteiger charge is -2.18. The molecule has 2 aromatic heterocycles. The second kappa shape index (κ2) is 4.74. The smallest absolute Gasteiger partial charge is 0.225 e. The molecule has 0 saturated carbocycles. The molecule has 0 fully saturated rings. The minimum absolute atomic E-state index is 0.161. The van der Waals surface area contributed by atoms with Gasteiger partial charge in [0.25, 0.3) is 0 Å². The van der Waals surface area contributed by atoms with Crippen molar-refractivity contribution < 1.29 is 8.42 Å². The van der Waals surface area contributed by atoms with Crippen LogP contribution in [0.1, 0.15) is 19.9 Å². The van der Waals surface area contributed by atoms with E-state index in [1.54, 1.807) is 17.9 Å². The summed E-state index contributed by atoms with van der Waals surface area (Å²) in [6.45, 7) is 3.99. The zero-order valence-electron chi connectivity index (χ0n) is 11.2. The first kappa shape index (κ1) is 13.7. The third-order valence-electron chi connectivity index (χ3n) is 2.48. The molecule has 0 aliphatic carbocycles. The van der Waals surface area contributed by atoms with Crippen molar-refractivity contribution in [2.75, 3.05) is 18.3 Å². The molecule has 0 bridgehead atoms. The summed E-state index contributed by atoms with van der Waals surface area (Å²) in [4.78, 5) is 10.6. The molecule has 0 amide bonds. The number of sulfonamides is 1. The lowest BCUT2D eigenvalue weighted by Crippen LogP contribution is -2.39. The molecule has 2 heterocycles. The maximum absolute atomic E-state index is 11.2. The van der Waals surface area contributed by atoms with Gasteiger partial charge in [-0.05, 0) is 13.8 Å². The number of fused-ring (bicyclic) bond motifs is 1. The van der Waals surface area contributed by atoms with E-state index in [1.165, 1.54) is 11.3 Å². The van der Waals surface area contributed by atoms with Gasteiger partial charge in [-0.2, -0.15) is 5.10 Å². The topological polar surface area (TPSA) is 93.0 Å². The fourth-order valence-corrected chi connectivity index (χ4v) is 2.37. The van der Waals surface area contributed by atoms with Gasteiger partial charge in [0.15, 0.2) is 11.5 Å². The quantitative estimate of drug-likeness (QED) is 0.812. The first-order valence-corrected chi connectivity index (χ1v) is 7.58. The van der Waals surface area contributed by atoms with Gasteiger partial charge in [-0.15, -0.1) is 4.83 Å². The summed E-state index contributed by atoms with van der Waals surface area (Å²) in [5.74, 6) is 0.460. The highest BCUT2D eigenvalue weighted by atomic mass is 32.2. The van der Waals surface area contributed by atoms with E-state index in [1.807, 2.05) is 13.8 Å². The van der Waals surface area contributed by atoms with Crippen LogP contribution in [0.4, 0.5) is 5.82 Å². The molecule has 0 aliphatic heterocycles. The molecule has 104 valence electrons. The molecule has 2 rings (SSSR count). The third-order valence-corrected chi connectivity index (χ3v) is 3.09. The number of hydrogen-bond acceptors (Lipinski definition) is 6. The summed E-state index contributed by atoms with van der Waals surface area (Å²) < 4.78 is 24.3. The number of aromatic nitrogens is 4. The lowest BCUT2D eigenvalue weighted by molar-refractivity contribution is 0.546. The standard InChI is InChI=1S/C10H16N6O2S/c1-7(2)16-10-8(5-13-16)9(11-6-12-10)15(3)14-19(4,17)18/h5-7,14H,1-4H3. The van der Waals surface area contributed by atoms with E-state index in [0.717, 1.165) is 6.26 Å². The van der Waals surface area contributed by atoms with Crippen LogP contribution in [0.5, 0.6) is 0 Å². The Balaban J connectivity index is 2.50. The predicted molar refractivity (Wildman–Crippen MR) is 72.1 cm³/mol. The number of rotatable bonds is 4. The van der Waals surface area contributed by atoms with E-state index in [-0.39, 0.29) is 6.04 Å². The zero-order chi connectivity index (χ0) is 14.2. The number of nitrogens with zero attached hydrogens (tertiary/aromatic N) is 5. The summed E-state index contributed by atoms with van der Waals surface area (Å²) in [6, 6.07) is 0.161. The van der Waals surface area contributed by atoms with Crippen LogP contribution in [-0.4, -0.2) is 41.5 Å². The van der Waals surface area contributed by atoms with Crippen molar-refractivity contribution in [3.8, 4) is 0 Å². The van der Waals surface area contributed by atoms with Crippen molar-refractivity contribution in [2.45, 2.75) is 19.9 Å². The Labute approximate surface area is 111 Å². The minimum Gasteiger partial charge on any atom is -0.281 e. The van der Waals surface area contributed by atoms with Crippen LogP contribution in [0.15, 0.2) is 12.5 Å². The summed E-state index contributed by atoms with van der Waals surface area (Å²) in [6.07, 6.45) is 4.10. The molecule has 0 radical (unpaired) electrons. The van der Waals surface area contributed by atoms with Crippen LogP contribution < -0.4 is 9.84 Å². The summed E-state index contributed by atoms with van der Waals surface area (Å²) in [7, 11) is -1.78. The molecular weight excluding hydrogens is 268 g/mol. The van der Waals surface area contributed by atoms with Crippen LogP contribution in [0.25, 0.3) is 11.0 Å². The monoisotopic (exact) mass is 284 g/mol. The maximum atomic E-state index is 11.2. The molecular formula is C10H16N6O2S. The molecule has 0 aliphatic rings. The highest BCUT2D eigenvalue weighted by Gasteiger charge is 2.16. The van der Waals surface area contributed by atoms with Gasteiger partial charge in [0, 0.05) is 13.1 Å². The predicted octanol–water partition coefficient (Wildman–Crippen LogP) is 0.308. The molecule has 9 heteroatoms. The normalized spacial score (nSPS) is 12.3. The summed E-state index contributed by atoms with van der Waals surface area (Å²) >= 11 is 0. The first-order valence-electron chi connectivity index (χ1n) is 5.69. The first-order chi connectivity index (χ1) is 8.79. The number of hydrazine groups is 1. The van der Waals surface area contributed by atoms with Crippen molar-refractivity contribution in [3.05, 3.63) is 12.5 Å². The van der Waals surface area contributed by atoms with Crippen molar-refractivity contribution in [1.29, 1.82) is 0 Å². The second-order valence-corrected chi connectivity index (χ2v) is 6.27. The second-order valence-electron chi connectivity index (χ2n) is 4.54. The van der Waals surface area contributed by atoms with Gasteiger partial charge in [0.05, 0.1) is 17.8 Å². The Kier molecular flexibility index (Phi) is 3.42.